The molecule has 0 saturated heterocycles. The predicted molar refractivity (Wildman–Crippen MR) is 46.9 cm³/mol. The second kappa shape index (κ2) is 4.02. The summed E-state index contributed by atoms with van der Waals surface area (Å²) < 4.78 is 52.5. The molecule has 0 heterocycles. The van der Waals surface area contributed by atoms with Crippen LogP contribution in [0.5, 0.6) is 0 Å². The van der Waals surface area contributed by atoms with Crippen molar-refractivity contribution in [3.63, 3.8) is 0 Å². The van der Waals surface area contributed by atoms with Gasteiger partial charge < -0.3 is 5.11 Å². The van der Waals surface area contributed by atoms with Crippen molar-refractivity contribution >= 4 is 15.9 Å². The molecule has 1 aliphatic carbocycles. The Balaban J connectivity index is 3.16. The molecule has 80 valence electrons. The summed E-state index contributed by atoms with van der Waals surface area (Å²) in [5, 5.41) is 7.85. The Bertz CT molecular complexity index is 302. The molecular formula is C8H7BrF4O. The standard InChI is InChI=1S/C8H7BrF4O/c9-3-8(13)5(10)1-4(2-14)6(11)7(8)12/h1,7,14H,2-3H2. The quantitative estimate of drug-likeness (QED) is 0.606. The van der Waals surface area contributed by atoms with Crippen LogP contribution in [-0.4, -0.2) is 28.9 Å². The van der Waals surface area contributed by atoms with E-state index in [-0.39, 0.29) is 0 Å². The molecule has 0 bridgehead atoms. The van der Waals surface area contributed by atoms with E-state index in [0.29, 0.717) is 6.08 Å². The molecule has 0 aromatic rings. The van der Waals surface area contributed by atoms with Gasteiger partial charge in [-0.1, -0.05) is 15.9 Å². The van der Waals surface area contributed by atoms with Gasteiger partial charge in [0.1, 0.15) is 11.7 Å². The Morgan fingerprint density at radius 2 is 2.07 bits per heavy atom. The maximum Gasteiger partial charge on any atom is 0.208 e. The van der Waals surface area contributed by atoms with Gasteiger partial charge in [0.25, 0.3) is 0 Å². The zero-order valence-corrected chi connectivity index (χ0v) is 8.49. The van der Waals surface area contributed by atoms with Gasteiger partial charge in [-0.3, -0.25) is 0 Å². The van der Waals surface area contributed by atoms with Crippen molar-refractivity contribution in [3.8, 4) is 0 Å². The van der Waals surface area contributed by atoms with E-state index in [2.05, 4.69) is 15.9 Å². The van der Waals surface area contributed by atoms with E-state index in [4.69, 9.17) is 5.11 Å². The number of halogens is 5. The first-order valence-electron chi connectivity index (χ1n) is 3.73. The van der Waals surface area contributed by atoms with Gasteiger partial charge in [-0.25, -0.2) is 17.6 Å². The summed E-state index contributed by atoms with van der Waals surface area (Å²) in [6.45, 7) is -0.863. The monoisotopic (exact) mass is 274 g/mol. The zero-order valence-electron chi connectivity index (χ0n) is 6.91. The SMILES string of the molecule is OCC1=C(F)C(F)C(F)(CBr)C(F)=C1. The molecule has 1 aliphatic rings. The van der Waals surface area contributed by atoms with E-state index in [1.54, 1.807) is 0 Å². The molecule has 1 N–H and O–H groups in total. The summed E-state index contributed by atoms with van der Waals surface area (Å²) in [5.41, 5.74) is -3.58. The Morgan fingerprint density at radius 3 is 2.50 bits per heavy atom. The first-order valence-corrected chi connectivity index (χ1v) is 4.85. The average Bonchev–Trinajstić information content (AvgIpc) is 2.20. The fourth-order valence-corrected chi connectivity index (χ4v) is 1.63. The van der Waals surface area contributed by atoms with E-state index >= 15 is 0 Å². The molecule has 0 spiro atoms. The van der Waals surface area contributed by atoms with Crippen LogP contribution in [0.4, 0.5) is 17.6 Å². The number of hydrogen-bond donors (Lipinski definition) is 1. The number of alkyl halides is 3. The van der Waals surface area contributed by atoms with Gasteiger partial charge in [-0.15, -0.1) is 0 Å². The highest BCUT2D eigenvalue weighted by Crippen LogP contribution is 2.40. The molecule has 0 radical (unpaired) electrons. The summed E-state index contributed by atoms with van der Waals surface area (Å²) in [6, 6.07) is 0. The smallest absolute Gasteiger partial charge is 0.208 e. The second-order valence-electron chi connectivity index (χ2n) is 2.88. The maximum atomic E-state index is 13.4. The summed E-state index contributed by atoms with van der Waals surface area (Å²) in [6.07, 6.45) is -2.24. The highest BCUT2D eigenvalue weighted by atomic mass is 79.9. The van der Waals surface area contributed by atoms with Crippen molar-refractivity contribution < 1.29 is 22.7 Å². The van der Waals surface area contributed by atoms with Crippen LogP contribution in [0.2, 0.25) is 0 Å². The van der Waals surface area contributed by atoms with Crippen molar-refractivity contribution in [1.82, 2.24) is 0 Å². The Morgan fingerprint density at radius 1 is 1.50 bits per heavy atom. The molecule has 0 aromatic carbocycles. The zero-order chi connectivity index (χ0) is 10.9. The van der Waals surface area contributed by atoms with Crippen LogP contribution >= 0.6 is 15.9 Å². The fourth-order valence-electron chi connectivity index (χ4n) is 1.08. The number of aliphatic hydroxyl groups excluding tert-OH is 1. The fraction of sp³-hybridized carbons (Fsp3) is 0.500. The van der Waals surface area contributed by atoms with Crippen molar-refractivity contribution in [2.45, 2.75) is 11.8 Å². The van der Waals surface area contributed by atoms with Crippen LogP contribution < -0.4 is 0 Å². The Kier molecular flexibility index (Phi) is 3.36. The summed E-state index contributed by atoms with van der Waals surface area (Å²) in [7, 11) is 0. The minimum absolute atomic E-state index is 0.479. The number of hydrogen-bond acceptors (Lipinski definition) is 1. The van der Waals surface area contributed by atoms with Gasteiger partial charge in [0.15, 0.2) is 6.17 Å². The van der Waals surface area contributed by atoms with Gasteiger partial charge >= 0.3 is 0 Å². The second-order valence-corrected chi connectivity index (χ2v) is 3.44. The largest absolute Gasteiger partial charge is 0.392 e. The topological polar surface area (TPSA) is 20.2 Å². The minimum atomic E-state index is -3.01. The molecular weight excluding hydrogens is 268 g/mol. The summed E-state index contributed by atoms with van der Waals surface area (Å²) in [5.74, 6) is -2.89. The third kappa shape index (κ3) is 1.61. The van der Waals surface area contributed by atoms with Gasteiger partial charge in [0, 0.05) is 10.9 Å². The van der Waals surface area contributed by atoms with Crippen LogP contribution in [0.3, 0.4) is 0 Å². The minimum Gasteiger partial charge on any atom is -0.392 e. The number of allylic oxidation sites excluding steroid dienone is 2. The van der Waals surface area contributed by atoms with E-state index in [0.717, 1.165) is 0 Å². The number of aliphatic hydroxyl groups is 1. The van der Waals surface area contributed by atoms with Crippen LogP contribution in [0.15, 0.2) is 23.3 Å². The van der Waals surface area contributed by atoms with Gasteiger partial charge in [-0.05, 0) is 6.08 Å². The van der Waals surface area contributed by atoms with Gasteiger partial charge in [0.2, 0.25) is 5.67 Å². The van der Waals surface area contributed by atoms with E-state index in [1.807, 2.05) is 0 Å². The van der Waals surface area contributed by atoms with Crippen LogP contribution in [0.1, 0.15) is 0 Å². The first kappa shape index (κ1) is 11.7. The summed E-state index contributed by atoms with van der Waals surface area (Å²) >= 11 is 2.57. The molecule has 1 nitrogen and oxygen atoms in total. The van der Waals surface area contributed by atoms with Crippen molar-refractivity contribution in [2.75, 3.05) is 11.9 Å². The number of rotatable bonds is 2. The molecule has 0 amide bonds. The van der Waals surface area contributed by atoms with Crippen LogP contribution in [-0.2, 0) is 0 Å². The normalized spacial score (nSPS) is 33.3. The molecule has 0 aromatic heterocycles. The molecule has 2 atom stereocenters. The van der Waals surface area contributed by atoms with Crippen molar-refractivity contribution in [2.24, 2.45) is 0 Å². The molecule has 14 heavy (non-hydrogen) atoms. The lowest BCUT2D eigenvalue weighted by atomic mass is 9.91. The van der Waals surface area contributed by atoms with E-state index in [9.17, 15) is 17.6 Å². The van der Waals surface area contributed by atoms with Crippen LogP contribution in [0.25, 0.3) is 0 Å². The van der Waals surface area contributed by atoms with Gasteiger partial charge in [-0.2, -0.15) is 0 Å². The lowest BCUT2D eigenvalue weighted by Crippen LogP contribution is -2.41. The van der Waals surface area contributed by atoms with Gasteiger partial charge in [0.05, 0.1) is 6.61 Å². The summed E-state index contributed by atoms with van der Waals surface area (Å²) in [4.78, 5) is 0. The predicted octanol–water partition coefficient (Wildman–Crippen LogP) is 2.51. The third-order valence-corrected chi connectivity index (χ3v) is 2.81. The highest BCUT2D eigenvalue weighted by molar-refractivity contribution is 9.09. The maximum absolute atomic E-state index is 13.4. The molecule has 0 saturated carbocycles. The van der Waals surface area contributed by atoms with Crippen molar-refractivity contribution in [1.29, 1.82) is 0 Å². The van der Waals surface area contributed by atoms with Crippen LogP contribution in [0, 0.1) is 0 Å². The average molecular weight is 275 g/mol. The molecule has 2 unspecified atom stereocenters. The lowest BCUT2D eigenvalue weighted by Gasteiger charge is -2.28. The molecule has 1 rings (SSSR count). The first-order chi connectivity index (χ1) is 6.47. The molecule has 6 heteroatoms. The lowest BCUT2D eigenvalue weighted by molar-refractivity contribution is 0.0863. The molecule has 0 fully saturated rings. The van der Waals surface area contributed by atoms with Crippen molar-refractivity contribution in [3.05, 3.63) is 23.3 Å². The highest BCUT2D eigenvalue weighted by Gasteiger charge is 2.49. The Labute approximate surface area is 86.2 Å². The van der Waals surface area contributed by atoms with E-state index in [1.165, 1.54) is 0 Å². The third-order valence-electron chi connectivity index (χ3n) is 1.99. The van der Waals surface area contributed by atoms with E-state index < -0.39 is 41.0 Å². The molecule has 0 aliphatic heterocycles. The Hall–Kier alpha value is -0.360.